The largest absolute Gasteiger partial charge is 0.504 e. The van der Waals surface area contributed by atoms with E-state index in [1.54, 1.807) is 12.1 Å². The fourth-order valence-electron chi connectivity index (χ4n) is 1.31. The molecule has 1 N–H and O–H groups in total. The van der Waals surface area contributed by atoms with Crippen LogP contribution in [0.15, 0.2) is 18.2 Å². The number of phenolic OH excluding ortho intramolecular Hbond substituents is 1. The van der Waals surface area contributed by atoms with E-state index in [1.165, 1.54) is 13.2 Å². The number of hydrogen-bond acceptors (Lipinski definition) is 6. The molecular formula is C10H8N2O3S. The van der Waals surface area contributed by atoms with Gasteiger partial charge in [-0.1, -0.05) is 4.49 Å². The van der Waals surface area contributed by atoms with E-state index >= 15 is 0 Å². The Hall–Kier alpha value is -1.95. The third-order valence-corrected chi connectivity index (χ3v) is 2.86. The highest BCUT2D eigenvalue weighted by molar-refractivity contribution is 7.09. The number of phenols is 1. The lowest BCUT2D eigenvalue weighted by Crippen LogP contribution is -1.86. The van der Waals surface area contributed by atoms with Crippen molar-refractivity contribution in [3.05, 3.63) is 23.9 Å². The Morgan fingerprint density at radius 1 is 1.50 bits per heavy atom. The SMILES string of the molecule is COc1ccc(-c2snnc2C=O)cc1O. The number of hydrogen-bond donors (Lipinski definition) is 1. The topological polar surface area (TPSA) is 72.3 Å². The second kappa shape index (κ2) is 4.28. The fraction of sp³-hybridized carbons (Fsp3) is 0.100. The Morgan fingerprint density at radius 3 is 2.94 bits per heavy atom. The van der Waals surface area contributed by atoms with E-state index in [9.17, 15) is 9.90 Å². The summed E-state index contributed by atoms with van der Waals surface area (Å²) in [6.07, 6.45) is 0.639. The van der Waals surface area contributed by atoms with Crippen molar-refractivity contribution in [1.29, 1.82) is 0 Å². The molecule has 1 aromatic heterocycles. The Labute approximate surface area is 95.5 Å². The van der Waals surface area contributed by atoms with Crippen LogP contribution < -0.4 is 4.74 Å². The molecule has 0 fully saturated rings. The van der Waals surface area contributed by atoms with E-state index < -0.39 is 0 Å². The van der Waals surface area contributed by atoms with E-state index in [-0.39, 0.29) is 11.4 Å². The standard InChI is InChI=1S/C10H8N2O3S/c1-15-9-3-2-6(4-8(9)14)10-7(5-13)11-12-16-10/h2-5,14H,1H3. The van der Waals surface area contributed by atoms with Gasteiger partial charge in [0.1, 0.15) is 5.69 Å². The molecule has 6 heteroatoms. The highest BCUT2D eigenvalue weighted by Gasteiger charge is 2.11. The molecule has 0 unspecified atom stereocenters. The van der Waals surface area contributed by atoms with Crippen LogP contribution in [0.2, 0.25) is 0 Å². The third-order valence-electron chi connectivity index (χ3n) is 2.07. The number of aldehydes is 1. The molecule has 0 aliphatic rings. The zero-order valence-electron chi connectivity index (χ0n) is 8.38. The highest BCUT2D eigenvalue weighted by Crippen LogP contribution is 2.33. The molecule has 0 spiro atoms. The molecule has 2 rings (SSSR count). The van der Waals surface area contributed by atoms with Gasteiger partial charge in [-0.3, -0.25) is 4.79 Å². The molecule has 0 aliphatic carbocycles. The number of carbonyl (C=O) groups excluding carboxylic acids is 1. The zero-order valence-corrected chi connectivity index (χ0v) is 9.19. The number of rotatable bonds is 3. The molecule has 5 nitrogen and oxygen atoms in total. The second-order valence-electron chi connectivity index (χ2n) is 2.99. The van der Waals surface area contributed by atoms with Crippen LogP contribution in [0, 0.1) is 0 Å². The van der Waals surface area contributed by atoms with Gasteiger partial charge in [0.15, 0.2) is 17.8 Å². The van der Waals surface area contributed by atoms with Gasteiger partial charge in [0, 0.05) is 0 Å². The third kappa shape index (κ3) is 1.74. The highest BCUT2D eigenvalue weighted by atomic mass is 32.1. The van der Waals surface area contributed by atoms with Crippen LogP contribution in [-0.4, -0.2) is 28.1 Å². The Morgan fingerprint density at radius 2 is 2.31 bits per heavy atom. The predicted molar refractivity (Wildman–Crippen MR) is 58.9 cm³/mol. The summed E-state index contributed by atoms with van der Waals surface area (Å²) in [6.45, 7) is 0. The number of benzene rings is 1. The minimum atomic E-state index is 0.0187. The number of carbonyl (C=O) groups is 1. The van der Waals surface area contributed by atoms with Crippen molar-refractivity contribution in [3.63, 3.8) is 0 Å². The maximum absolute atomic E-state index is 10.7. The molecule has 1 aromatic carbocycles. The van der Waals surface area contributed by atoms with E-state index in [4.69, 9.17) is 4.74 Å². The summed E-state index contributed by atoms with van der Waals surface area (Å²) in [4.78, 5) is 11.3. The minimum Gasteiger partial charge on any atom is -0.504 e. The summed E-state index contributed by atoms with van der Waals surface area (Å²) in [7, 11) is 1.47. The number of nitrogens with zero attached hydrogens (tertiary/aromatic N) is 2. The Bertz CT molecular complexity index is 525. The molecule has 0 bridgehead atoms. The Kier molecular flexibility index (Phi) is 2.82. The van der Waals surface area contributed by atoms with Crippen LogP contribution in [0.25, 0.3) is 10.4 Å². The molecular weight excluding hydrogens is 228 g/mol. The fourth-order valence-corrected chi connectivity index (χ4v) is 1.93. The van der Waals surface area contributed by atoms with Gasteiger partial charge in [-0.25, -0.2) is 0 Å². The van der Waals surface area contributed by atoms with Crippen molar-refractivity contribution in [3.8, 4) is 21.9 Å². The average Bonchev–Trinajstić information content (AvgIpc) is 2.77. The first-order valence-corrected chi connectivity index (χ1v) is 5.18. The molecule has 0 amide bonds. The lowest BCUT2D eigenvalue weighted by molar-refractivity contribution is 0.111. The van der Waals surface area contributed by atoms with Gasteiger partial charge in [-0.15, -0.1) is 5.10 Å². The quantitative estimate of drug-likeness (QED) is 0.821. The van der Waals surface area contributed by atoms with Crippen molar-refractivity contribution < 1.29 is 14.6 Å². The summed E-state index contributed by atoms with van der Waals surface area (Å²) in [5.41, 5.74) is 0.963. The van der Waals surface area contributed by atoms with E-state index in [2.05, 4.69) is 9.59 Å². The maximum atomic E-state index is 10.7. The number of aromatic nitrogens is 2. The first-order chi connectivity index (χ1) is 7.76. The van der Waals surface area contributed by atoms with Gasteiger partial charge < -0.3 is 9.84 Å². The molecule has 0 radical (unpaired) electrons. The first-order valence-electron chi connectivity index (χ1n) is 4.41. The van der Waals surface area contributed by atoms with Gasteiger partial charge in [0.25, 0.3) is 0 Å². The molecule has 0 aliphatic heterocycles. The van der Waals surface area contributed by atoms with E-state index in [0.29, 0.717) is 22.5 Å². The average molecular weight is 236 g/mol. The van der Waals surface area contributed by atoms with Gasteiger partial charge in [0.2, 0.25) is 0 Å². The molecule has 1 heterocycles. The zero-order chi connectivity index (χ0) is 11.5. The number of methoxy groups -OCH3 is 1. The van der Waals surface area contributed by atoms with Crippen LogP contribution in [0.1, 0.15) is 10.5 Å². The molecule has 2 aromatic rings. The van der Waals surface area contributed by atoms with Crippen LogP contribution in [0.4, 0.5) is 0 Å². The second-order valence-corrected chi connectivity index (χ2v) is 3.75. The molecule has 0 saturated heterocycles. The summed E-state index contributed by atoms with van der Waals surface area (Å²) in [6, 6.07) is 4.88. The van der Waals surface area contributed by atoms with Gasteiger partial charge >= 0.3 is 0 Å². The summed E-state index contributed by atoms with van der Waals surface area (Å²) >= 11 is 1.11. The molecule has 0 atom stereocenters. The van der Waals surface area contributed by atoms with E-state index in [1.807, 2.05) is 0 Å². The normalized spacial score (nSPS) is 10.1. The van der Waals surface area contributed by atoms with Gasteiger partial charge in [-0.05, 0) is 35.3 Å². The first kappa shape index (κ1) is 10.6. The molecule has 0 saturated carbocycles. The summed E-state index contributed by atoms with van der Waals surface area (Å²) < 4.78 is 8.62. The molecule has 16 heavy (non-hydrogen) atoms. The summed E-state index contributed by atoms with van der Waals surface area (Å²) in [5.74, 6) is 0.402. The van der Waals surface area contributed by atoms with Crippen molar-refractivity contribution in [2.24, 2.45) is 0 Å². The summed E-state index contributed by atoms with van der Waals surface area (Å²) in [5, 5.41) is 13.3. The van der Waals surface area contributed by atoms with Crippen LogP contribution >= 0.6 is 11.5 Å². The van der Waals surface area contributed by atoms with Crippen molar-refractivity contribution >= 4 is 17.8 Å². The van der Waals surface area contributed by atoms with Gasteiger partial charge in [-0.2, -0.15) is 0 Å². The predicted octanol–water partition coefficient (Wildman–Crippen LogP) is 1.73. The van der Waals surface area contributed by atoms with Crippen molar-refractivity contribution in [2.75, 3.05) is 7.11 Å². The van der Waals surface area contributed by atoms with Crippen molar-refractivity contribution in [1.82, 2.24) is 9.59 Å². The maximum Gasteiger partial charge on any atom is 0.171 e. The smallest absolute Gasteiger partial charge is 0.171 e. The minimum absolute atomic E-state index is 0.0187. The lowest BCUT2D eigenvalue weighted by atomic mass is 10.1. The molecule has 82 valence electrons. The van der Waals surface area contributed by atoms with Crippen LogP contribution in [0.5, 0.6) is 11.5 Å². The monoisotopic (exact) mass is 236 g/mol. The Balaban J connectivity index is 2.49. The van der Waals surface area contributed by atoms with Gasteiger partial charge in [0.05, 0.1) is 12.0 Å². The van der Waals surface area contributed by atoms with E-state index in [0.717, 1.165) is 11.5 Å². The van der Waals surface area contributed by atoms with Crippen molar-refractivity contribution in [2.45, 2.75) is 0 Å². The number of aromatic hydroxyl groups is 1. The van der Waals surface area contributed by atoms with Crippen LogP contribution in [-0.2, 0) is 0 Å². The lowest BCUT2D eigenvalue weighted by Gasteiger charge is -2.04. The van der Waals surface area contributed by atoms with Crippen LogP contribution in [0.3, 0.4) is 0 Å². The number of ether oxygens (including phenoxy) is 1.